The lowest BCUT2D eigenvalue weighted by molar-refractivity contribution is 0.119. The van der Waals surface area contributed by atoms with Crippen LogP contribution in [0.15, 0.2) is 18.2 Å². The Kier molecular flexibility index (Phi) is 3.95. The first-order valence-corrected chi connectivity index (χ1v) is 6.75. The standard InChI is InChI=1S/C14H20ClFN2/c1-14(2)6-3-7-18(14)13(9-17)10-4-5-11(15)12(16)8-10/h4-5,8,13H,3,6-7,9,17H2,1-2H3. The highest BCUT2D eigenvalue weighted by Crippen LogP contribution is 2.36. The molecule has 1 saturated heterocycles. The third-order valence-electron chi connectivity index (χ3n) is 3.89. The van der Waals surface area contributed by atoms with Crippen molar-refractivity contribution in [2.24, 2.45) is 5.73 Å². The molecule has 100 valence electrons. The van der Waals surface area contributed by atoms with Crippen LogP contribution in [-0.2, 0) is 0 Å². The molecule has 1 aromatic rings. The average Bonchev–Trinajstić information content (AvgIpc) is 2.65. The minimum absolute atomic E-state index is 0.0641. The number of rotatable bonds is 3. The monoisotopic (exact) mass is 270 g/mol. The fourth-order valence-electron chi connectivity index (χ4n) is 2.87. The fraction of sp³-hybridized carbons (Fsp3) is 0.571. The summed E-state index contributed by atoms with van der Waals surface area (Å²) in [5.41, 5.74) is 6.93. The van der Waals surface area contributed by atoms with Crippen molar-refractivity contribution in [2.75, 3.05) is 13.1 Å². The molecule has 1 atom stereocenters. The van der Waals surface area contributed by atoms with E-state index in [1.165, 1.54) is 12.5 Å². The van der Waals surface area contributed by atoms with E-state index in [1.807, 2.05) is 6.07 Å². The molecule has 1 unspecified atom stereocenters. The van der Waals surface area contributed by atoms with Crippen molar-refractivity contribution < 1.29 is 4.39 Å². The lowest BCUT2D eigenvalue weighted by Gasteiger charge is -2.38. The van der Waals surface area contributed by atoms with Crippen LogP contribution in [0, 0.1) is 5.82 Å². The number of halogens is 2. The molecule has 1 heterocycles. The lowest BCUT2D eigenvalue weighted by atomic mass is 9.97. The second kappa shape index (κ2) is 5.16. The molecule has 1 fully saturated rings. The predicted molar refractivity (Wildman–Crippen MR) is 73.2 cm³/mol. The van der Waals surface area contributed by atoms with Crippen molar-refractivity contribution in [1.29, 1.82) is 0 Å². The Morgan fingerprint density at radius 2 is 2.22 bits per heavy atom. The fourth-order valence-corrected chi connectivity index (χ4v) is 2.99. The number of benzene rings is 1. The van der Waals surface area contributed by atoms with E-state index in [0.717, 1.165) is 18.5 Å². The molecule has 4 heteroatoms. The minimum Gasteiger partial charge on any atom is -0.329 e. The maximum atomic E-state index is 13.6. The van der Waals surface area contributed by atoms with Crippen LogP contribution in [0.3, 0.4) is 0 Å². The first-order valence-electron chi connectivity index (χ1n) is 6.37. The summed E-state index contributed by atoms with van der Waals surface area (Å²) in [6.07, 6.45) is 2.32. The van der Waals surface area contributed by atoms with Crippen LogP contribution in [-0.4, -0.2) is 23.5 Å². The van der Waals surface area contributed by atoms with Crippen molar-refractivity contribution in [2.45, 2.75) is 38.3 Å². The summed E-state index contributed by atoms with van der Waals surface area (Å²) in [5.74, 6) is -0.371. The van der Waals surface area contributed by atoms with Crippen LogP contribution in [0.1, 0.15) is 38.3 Å². The molecule has 0 aromatic heterocycles. The summed E-state index contributed by atoms with van der Waals surface area (Å²) in [5, 5.41) is 0.162. The van der Waals surface area contributed by atoms with Crippen LogP contribution in [0.5, 0.6) is 0 Å². The van der Waals surface area contributed by atoms with Crippen LogP contribution in [0.4, 0.5) is 4.39 Å². The van der Waals surface area contributed by atoms with Gasteiger partial charge in [-0.15, -0.1) is 0 Å². The molecule has 1 aliphatic rings. The van der Waals surface area contributed by atoms with Gasteiger partial charge in [0, 0.05) is 18.1 Å². The molecular formula is C14H20ClFN2. The second-order valence-electron chi connectivity index (χ2n) is 5.53. The summed E-state index contributed by atoms with van der Waals surface area (Å²) in [6, 6.07) is 5.05. The third kappa shape index (κ3) is 2.53. The Bertz CT molecular complexity index is 434. The van der Waals surface area contributed by atoms with Gasteiger partial charge in [0.05, 0.1) is 5.02 Å². The van der Waals surface area contributed by atoms with Crippen LogP contribution in [0.2, 0.25) is 5.02 Å². The molecule has 2 rings (SSSR count). The van der Waals surface area contributed by atoms with Crippen molar-refractivity contribution in [3.05, 3.63) is 34.6 Å². The summed E-state index contributed by atoms with van der Waals surface area (Å²) in [6.45, 7) is 5.94. The van der Waals surface area contributed by atoms with Crippen LogP contribution in [0.25, 0.3) is 0 Å². The van der Waals surface area contributed by atoms with Crippen LogP contribution >= 0.6 is 11.6 Å². The first-order chi connectivity index (χ1) is 8.45. The highest BCUT2D eigenvalue weighted by Gasteiger charge is 2.36. The largest absolute Gasteiger partial charge is 0.329 e. The lowest BCUT2D eigenvalue weighted by Crippen LogP contribution is -2.43. The van der Waals surface area contributed by atoms with E-state index in [9.17, 15) is 4.39 Å². The third-order valence-corrected chi connectivity index (χ3v) is 4.20. The zero-order chi connectivity index (χ0) is 13.3. The van der Waals surface area contributed by atoms with Crippen molar-refractivity contribution in [1.82, 2.24) is 4.90 Å². The Balaban J connectivity index is 2.30. The smallest absolute Gasteiger partial charge is 0.142 e. The molecule has 0 bridgehead atoms. The molecule has 2 N–H and O–H groups in total. The predicted octanol–water partition coefficient (Wildman–Crippen LogP) is 3.35. The summed E-state index contributed by atoms with van der Waals surface area (Å²) in [4.78, 5) is 2.37. The van der Waals surface area contributed by atoms with Gasteiger partial charge in [0.15, 0.2) is 0 Å². The Morgan fingerprint density at radius 3 is 2.72 bits per heavy atom. The normalized spacial score (nSPS) is 21.2. The molecule has 0 aliphatic carbocycles. The highest BCUT2D eigenvalue weighted by atomic mass is 35.5. The Labute approximate surface area is 113 Å². The van der Waals surface area contributed by atoms with Crippen LogP contribution < -0.4 is 5.73 Å². The summed E-state index contributed by atoms with van der Waals surface area (Å²) >= 11 is 5.72. The van der Waals surface area contributed by atoms with E-state index in [0.29, 0.717) is 6.54 Å². The SMILES string of the molecule is CC1(C)CCCN1C(CN)c1ccc(Cl)c(F)c1. The van der Waals surface area contributed by atoms with Gasteiger partial charge in [0.25, 0.3) is 0 Å². The number of nitrogens with two attached hydrogens (primary N) is 1. The Morgan fingerprint density at radius 1 is 1.50 bits per heavy atom. The van der Waals surface area contributed by atoms with Gasteiger partial charge in [0.1, 0.15) is 5.82 Å². The molecule has 0 saturated carbocycles. The number of nitrogens with zero attached hydrogens (tertiary/aromatic N) is 1. The summed E-state index contributed by atoms with van der Waals surface area (Å²) in [7, 11) is 0. The quantitative estimate of drug-likeness (QED) is 0.913. The Hall–Kier alpha value is -0.640. The van der Waals surface area contributed by atoms with Crippen molar-refractivity contribution in [3.63, 3.8) is 0 Å². The van der Waals surface area contributed by atoms with Crippen molar-refractivity contribution >= 4 is 11.6 Å². The van der Waals surface area contributed by atoms with E-state index in [4.69, 9.17) is 17.3 Å². The van der Waals surface area contributed by atoms with E-state index >= 15 is 0 Å². The van der Waals surface area contributed by atoms with Gasteiger partial charge in [-0.2, -0.15) is 0 Å². The highest BCUT2D eigenvalue weighted by molar-refractivity contribution is 6.30. The first kappa shape index (κ1) is 13.8. The second-order valence-corrected chi connectivity index (χ2v) is 5.94. The number of likely N-dealkylation sites (tertiary alicyclic amines) is 1. The van der Waals surface area contributed by atoms with Gasteiger partial charge < -0.3 is 5.73 Å². The van der Waals surface area contributed by atoms with Gasteiger partial charge in [-0.25, -0.2) is 4.39 Å². The maximum Gasteiger partial charge on any atom is 0.142 e. The van der Waals surface area contributed by atoms with E-state index in [-0.39, 0.29) is 22.4 Å². The average molecular weight is 271 g/mol. The number of hydrogen-bond donors (Lipinski definition) is 1. The number of hydrogen-bond acceptors (Lipinski definition) is 2. The van der Waals surface area contributed by atoms with Crippen molar-refractivity contribution in [3.8, 4) is 0 Å². The van der Waals surface area contributed by atoms with Gasteiger partial charge in [-0.05, 0) is 50.9 Å². The molecule has 0 amide bonds. The molecule has 1 aliphatic heterocycles. The van der Waals surface area contributed by atoms with Gasteiger partial charge >= 0.3 is 0 Å². The molecule has 18 heavy (non-hydrogen) atoms. The van der Waals surface area contributed by atoms with Gasteiger partial charge in [0.2, 0.25) is 0 Å². The zero-order valence-corrected chi connectivity index (χ0v) is 11.7. The molecule has 2 nitrogen and oxygen atoms in total. The zero-order valence-electron chi connectivity index (χ0n) is 10.9. The molecule has 1 aromatic carbocycles. The maximum absolute atomic E-state index is 13.6. The molecular weight excluding hydrogens is 251 g/mol. The molecule has 0 radical (unpaired) electrons. The molecule has 0 spiro atoms. The summed E-state index contributed by atoms with van der Waals surface area (Å²) < 4.78 is 13.6. The minimum atomic E-state index is -0.371. The van der Waals surface area contributed by atoms with Gasteiger partial charge in [-0.3, -0.25) is 4.90 Å². The van der Waals surface area contributed by atoms with E-state index in [1.54, 1.807) is 6.07 Å². The van der Waals surface area contributed by atoms with Gasteiger partial charge in [-0.1, -0.05) is 17.7 Å². The van der Waals surface area contributed by atoms with E-state index < -0.39 is 0 Å². The van der Waals surface area contributed by atoms with E-state index in [2.05, 4.69) is 18.7 Å². The topological polar surface area (TPSA) is 29.3 Å².